The van der Waals surface area contributed by atoms with Gasteiger partial charge in [0.2, 0.25) is 0 Å². The predicted molar refractivity (Wildman–Crippen MR) is 130 cm³/mol. The average Bonchev–Trinajstić information content (AvgIpc) is 3.38. The second-order valence-electron chi connectivity index (χ2n) is 8.33. The first-order valence-electron chi connectivity index (χ1n) is 11.5. The molecule has 33 heavy (non-hydrogen) atoms. The van der Waals surface area contributed by atoms with Crippen LogP contribution in [0, 0.1) is 5.92 Å². The van der Waals surface area contributed by atoms with Crippen LogP contribution >= 0.6 is 23.4 Å². The molecule has 0 bridgehead atoms. The number of piperidine rings is 1. The van der Waals surface area contributed by atoms with Gasteiger partial charge >= 0.3 is 5.97 Å². The Hall–Kier alpha value is -2.32. The number of benzene rings is 1. The lowest BCUT2D eigenvalue weighted by Gasteiger charge is -2.31. The zero-order valence-corrected chi connectivity index (χ0v) is 20.4. The summed E-state index contributed by atoms with van der Waals surface area (Å²) in [7, 11) is 0. The molecule has 2 fully saturated rings. The Morgan fingerprint density at radius 1 is 1.09 bits per heavy atom. The van der Waals surface area contributed by atoms with E-state index < -0.39 is 0 Å². The standard InChI is InChI=1S/C24H29ClN4O3S/c1-2-32-23(31)19-9-13-29(14-10-19)22(30)18-7-5-17(6-8-18)16-33-24-26-20(25)15-21(27-24)28-11-3-4-12-28/h5-8,15,19H,2-4,9-14,16H2,1H3. The number of carbonyl (C=O) groups is 2. The lowest BCUT2D eigenvalue weighted by Crippen LogP contribution is -2.40. The van der Waals surface area contributed by atoms with Crippen LogP contribution in [-0.4, -0.2) is 59.5 Å². The number of carbonyl (C=O) groups excluding carboxylic acids is 2. The van der Waals surface area contributed by atoms with Crippen molar-refractivity contribution in [2.45, 2.75) is 43.5 Å². The van der Waals surface area contributed by atoms with Gasteiger partial charge in [-0.15, -0.1) is 0 Å². The number of aromatic nitrogens is 2. The van der Waals surface area contributed by atoms with Gasteiger partial charge in [-0.3, -0.25) is 9.59 Å². The summed E-state index contributed by atoms with van der Waals surface area (Å²) >= 11 is 7.76. The Bertz CT molecular complexity index is 974. The molecule has 9 heteroatoms. The number of likely N-dealkylation sites (tertiary alicyclic amines) is 1. The van der Waals surface area contributed by atoms with Crippen molar-refractivity contribution in [1.29, 1.82) is 0 Å². The van der Waals surface area contributed by atoms with Gasteiger partial charge in [0.1, 0.15) is 11.0 Å². The summed E-state index contributed by atoms with van der Waals surface area (Å²) in [6, 6.07) is 9.50. The minimum Gasteiger partial charge on any atom is -0.466 e. The topological polar surface area (TPSA) is 75.6 Å². The van der Waals surface area contributed by atoms with Crippen LogP contribution in [0.1, 0.15) is 48.5 Å². The fraction of sp³-hybridized carbons (Fsp3) is 0.500. The number of hydrogen-bond acceptors (Lipinski definition) is 7. The van der Waals surface area contributed by atoms with E-state index in [-0.39, 0.29) is 17.8 Å². The van der Waals surface area contributed by atoms with E-state index in [1.165, 1.54) is 24.6 Å². The molecule has 7 nitrogen and oxygen atoms in total. The smallest absolute Gasteiger partial charge is 0.309 e. The van der Waals surface area contributed by atoms with E-state index in [0.717, 1.165) is 24.5 Å². The van der Waals surface area contributed by atoms with Gasteiger partial charge in [-0.2, -0.15) is 0 Å². The van der Waals surface area contributed by atoms with E-state index in [2.05, 4.69) is 14.9 Å². The SMILES string of the molecule is CCOC(=O)C1CCN(C(=O)c2ccc(CSc3nc(Cl)cc(N4CCCC4)n3)cc2)CC1. The fourth-order valence-corrected chi connectivity index (χ4v) is 5.25. The second-order valence-corrected chi connectivity index (χ2v) is 9.66. The highest BCUT2D eigenvalue weighted by Crippen LogP contribution is 2.27. The maximum Gasteiger partial charge on any atom is 0.309 e. The van der Waals surface area contributed by atoms with Crippen LogP contribution in [0.3, 0.4) is 0 Å². The molecule has 0 spiro atoms. The number of amides is 1. The number of rotatable bonds is 7. The molecule has 0 N–H and O–H groups in total. The average molecular weight is 489 g/mol. The molecular weight excluding hydrogens is 460 g/mol. The molecule has 0 saturated carbocycles. The molecule has 0 aliphatic carbocycles. The molecular formula is C24H29ClN4O3S. The molecule has 1 amide bonds. The summed E-state index contributed by atoms with van der Waals surface area (Å²) in [5.74, 6) is 1.34. The van der Waals surface area contributed by atoms with Gasteiger partial charge < -0.3 is 14.5 Å². The summed E-state index contributed by atoms with van der Waals surface area (Å²) < 4.78 is 5.11. The zero-order chi connectivity index (χ0) is 23.2. The van der Waals surface area contributed by atoms with Crippen LogP contribution in [-0.2, 0) is 15.3 Å². The molecule has 0 unspecified atom stereocenters. The molecule has 0 atom stereocenters. The van der Waals surface area contributed by atoms with Gasteiger partial charge in [-0.05, 0) is 50.3 Å². The number of thioether (sulfide) groups is 1. The van der Waals surface area contributed by atoms with Gasteiger partial charge in [0.05, 0.1) is 12.5 Å². The quantitative estimate of drug-likeness (QED) is 0.247. The minimum absolute atomic E-state index is 0.00458. The highest BCUT2D eigenvalue weighted by Gasteiger charge is 2.28. The number of halogens is 1. The van der Waals surface area contributed by atoms with Gasteiger partial charge in [0.15, 0.2) is 5.16 Å². The van der Waals surface area contributed by atoms with Crippen molar-refractivity contribution in [3.8, 4) is 0 Å². The highest BCUT2D eigenvalue weighted by molar-refractivity contribution is 7.98. The van der Waals surface area contributed by atoms with Crippen molar-refractivity contribution in [1.82, 2.24) is 14.9 Å². The van der Waals surface area contributed by atoms with Crippen LogP contribution in [0.4, 0.5) is 5.82 Å². The molecule has 2 aromatic rings. The summed E-state index contributed by atoms with van der Waals surface area (Å²) in [4.78, 5) is 37.8. The van der Waals surface area contributed by atoms with Crippen molar-refractivity contribution in [3.63, 3.8) is 0 Å². The first-order chi connectivity index (χ1) is 16.0. The van der Waals surface area contributed by atoms with Crippen LogP contribution in [0.25, 0.3) is 0 Å². The van der Waals surface area contributed by atoms with Gasteiger partial charge in [-0.25, -0.2) is 9.97 Å². The zero-order valence-electron chi connectivity index (χ0n) is 18.8. The monoisotopic (exact) mass is 488 g/mol. The molecule has 2 aliphatic heterocycles. The first kappa shape index (κ1) is 23.8. The maximum absolute atomic E-state index is 12.9. The molecule has 0 radical (unpaired) electrons. The van der Waals surface area contributed by atoms with Gasteiger partial charge in [0.25, 0.3) is 5.91 Å². The van der Waals surface area contributed by atoms with Crippen LogP contribution in [0.5, 0.6) is 0 Å². The van der Waals surface area contributed by atoms with Crippen molar-refractivity contribution < 1.29 is 14.3 Å². The third-order valence-electron chi connectivity index (χ3n) is 6.06. The Balaban J connectivity index is 1.31. The Labute approximate surface area is 203 Å². The summed E-state index contributed by atoms with van der Waals surface area (Å²) in [6.07, 6.45) is 3.66. The van der Waals surface area contributed by atoms with E-state index in [0.29, 0.717) is 54.2 Å². The molecule has 1 aromatic carbocycles. The van der Waals surface area contributed by atoms with E-state index >= 15 is 0 Å². The van der Waals surface area contributed by atoms with Gasteiger partial charge in [-0.1, -0.05) is 35.5 Å². The summed E-state index contributed by atoms with van der Waals surface area (Å²) in [6.45, 7) is 5.37. The Kier molecular flexibility index (Phi) is 8.09. The highest BCUT2D eigenvalue weighted by atomic mass is 35.5. The van der Waals surface area contributed by atoms with Crippen molar-refractivity contribution in [3.05, 3.63) is 46.6 Å². The third kappa shape index (κ3) is 6.18. The number of nitrogens with zero attached hydrogens (tertiary/aromatic N) is 4. The minimum atomic E-state index is -0.150. The van der Waals surface area contributed by atoms with Gasteiger partial charge in [0, 0.05) is 43.6 Å². The van der Waals surface area contributed by atoms with Crippen LogP contribution < -0.4 is 4.90 Å². The molecule has 1 aromatic heterocycles. The first-order valence-corrected chi connectivity index (χ1v) is 12.9. The lowest BCUT2D eigenvalue weighted by molar-refractivity contribution is -0.149. The Morgan fingerprint density at radius 3 is 2.45 bits per heavy atom. The second kappa shape index (κ2) is 11.2. The van der Waals surface area contributed by atoms with E-state index in [1.54, 1.807) is 0 Å². The van der Waals surface area contributed by atoms with Crippen molar-refractivity contribution >= 4 is 41.1 Å². The Morgan fingerprint density at radius 2 is 1.79 bits per heavy atom. The lowest BCUT2D eigenvalue weighted by atomic mass is 9.96. The molecule has 2 aliphatic rings. The van der Waals surface area contributed by atoms with Crippen molar-refractivity contribution in [2.24, 2.45) is 5.92 Å². The molecule has 2 saturated heterocycles. The fourth-order valence-electron chi connectivity index (χ4n) is 4.21. The number of ether oxygens (including phenoxy) is 1. The van der Waals surface area contributed by atoms with E-state index in [9.17, 15) is 9.59 Å². The number of anilines is 1. The normalized spacial score (nSPS) is 16.8. The molecule has 3 heterocycles. The summed E-state index contributed by atoms with van der Waals surface area (Å²) in [5, 5.41) is 1.12. The predicted octanol–water partition coefficient (Wildman–Crippen LogP) is 4.44. The number of hydrogen-bond donors (Lipinski definition) is 0. The van der Waals surface area contributed by atoms with E-state index in [4.69, 9.17) is 16.3 Å². The third-order valence-corrected chi connectivity index (χ3v) is 7.17. The largest absolute Gasteiger partial charge is 0.466 e. The van der Waals surface area contributed by atoms with Crippen molar-refractivity contribution in [2.75, 3.05) is 37.7 Å². The number of esters is 1. The molecule has 176 valence electrons. The maximum atomic E-state index is 12.9. The summed E-state index contributed by atoms with van der Waals surface area (Å²) in [5.41, 5.74) is 1.75. The molecule has 4 rings (SSSR count). The van der Waals surface area contributed by atoms with Crippen LogP contribution in [0.2, 0.25) is 5.15 Å². The van der Waals surface area contributed by atoms with E-state index in [1.807, 2.05) is 42.2 Å². The van der Waals surface area contributed by atoms with Crippen LogP contribution in [0.15, 0.2) is 35.5 Å².